The molecule has 2 aromatic heterocycles. The largest absolute Gasteiger partial charge is 0.419 e. The summed E-state index contributed by atoms with van der Waals surface area (Å²) in [7, 11) is 2.94. The number of nitrogens with zero attached hydrogens (tertiary/aromatic N) is 3. The maximum absolute atomic E-state index is 14.4. The van der Waals surface area contributed by atoms with Crippen LogP contribution in [0, 0.1) is 5.82 Å². The minimum absolute atomic E-state index is 0.0249. The summed E-state index contributed by atoms with van der Waals surface area (Å²) in [5, 5.41) is 20.8. The third-order valence-electron chi connectivity index (χ3n) is 4.51. The van der Waals surface area contributed by atoms with Crippen LogP contribution in [0.2, 0.25) is 0 Å². The Morgan fingerprint density at radius 2 is 1.97 bits per heavy atom. The number of pyridine rings is 1. The van der Waals surface area contributed by atoms with Crippen molar-refractivity contribution in [2.24, 2.45) is 7.05 Å². The molecule has 12 heteroatoms. The van der Waals surface area contributed by atoms with Gasteiger partial charge in [0.25, 0.3) is 5.91 Å². The van der Waals surface area contributed by atoms with Gasteiger partial charge in [0, 0.05) is 45.5 Å². The van der Waals surface area contributed by atoms with E-state index in [4.69, 9.17) is 5.11 Å². The fourth-order valence-electron chi connectivity index (χ4n) is 2.97. The van der Waals surface area contributed by atoms with Crippen LogP contribution >= 0.6 is 0 Å². The summed E-state index contributed by atoms with van der Waals surface area (Å²) in [5.41, 5.74) is -1.63. The second-order valence-corrected chi connectivity index (χ2v) is 6.72. The Labute approximate surface area is 180 Å². The number of rotatable bonds is 7. The molecule has 8 nitrogen and oxygen atoms in total. The first-order valence-corrected chi connectivity index (χ1v) is 9.39. The highest BCUT2D eigenvalue weighted by atomic mass is 19.4. The number of nitrogens with one attached hydrogen (secondary N) is 3. The molecule has 0 fully saturated rings. The van der Waals surface area contributed by atoms with Gasteiger partial charge in [-0.15, -0.1) is 0 Å². The van der Waals surface area contributed by atoms with Crippen molar-refractivity contribution in [1.29, 1.82) is 0 Å². The summed E-state index contributed by atoms with van der Waals surface area (Å²) in [6.07, 6.45) is -3.87. The van der Waals surface area contributed by atoms with Gasteiger partial charge in [-0.3, -0.25) is 9.48 Å². The normalized spacial score (nSPS) is 11.3. The number of hydrogen-bond acceptors (Lipinski definition) is 6. The first kappa shape index (κ1) is 23.0. The number of para-hydroxylation sites is 1. The Morgan fingerprint density at radius 3 is 2.62 bits per heavy atom. The van der Waals surface area contributed by atoms with Crippen LogP contribution in [0.25, 0.3) is 0 Å². The molecule has 0 aliphatic heterocycles. The number of anilines is 4. The molecule has 0 saturated carbocycles. The Hall–Kier alpha value is -3.67. The number of amides is 1. The average molecular weight is 452 g/mol. The van der Waals surface area contributed by atoms with Crippen molar-refractivity contribution < 1.29 is 27.5 Å². The van der Waals surface area contributed by atoms with Gasteiger partial charge < -0.3 is 21.1 Å². The number of aliphatic hydroxyl groups is 1. The number of aromatic nitrogens is 3. The number of hydrogen-bond donors (Lipinski definition) is 4. The van der Waals surface area contributed by atoms with E-state index in [0.29, 0.717) is 24.1 Å². The molecule has 1 amide bonds. The molecule has 4 N–H and O–H groups in total. The summed E-state index contributed by atoms with van der Waals surface area (Å²) >= 11 is 0. The first-order valence-electron chi connectivity index (χ1n) is 9.39. The van der Waals surface area contributed by atoms with Gasteiger partial charge in [-0.2, -0.15) is 18.3 Å². The highest BCUT2D eigenvalue weighted by Gasteiger charge is 2.35. The molecule has 3 aromatic rings. The molecular weight excluding hydrogens is 432 g/mol. The van der Waals surface area contributed by atoms with Crippen LogP contribution in [0.15, 0.2) is 36.5 Å². The predicted molar refractivity (Wildman–Crippen MR) is 110 cm³/mol. The summed E-state index contributed by atoms with van der Waals surface area (Å²) < 4.78 is 56.6. The third-order valence-corrected chi connectivity index (χ3v) is 4.51. The zero-order valence-electron chi connectivity index (χ0n) is 17.1. The minimum atomic E-state index is -4.78. The van der Waals surface area contributed by atoms with Crippen LogP contribution in [0.1, 0.15) is 21.6 Å². The van der Waals surface area contributed by atoms with Crippen LogP contribution in [-0.4, -0.2) is 39.4 Å². The van der Waals surface area contributed by atoms with Gasteiger partial charge in [0.05, 0.1) is 28.2 Å². The van der Waals surface area contributed by atoms with Gasteiger partial charge in [0.15, 0.2) is 0 Å². The lowest BCUT2D eigenvalue weighted by atomic mass is 10.1. The second-order valence-electron chi connectivity index (χ2n) is 6.72. The highest BCUT2D eigenvalue weighted by Crippen LogP contribution is 2.38. The standard InChI is InChI=1S/C20H20F4N6O2/c1-25-19(32)12-4-3-5-14(21)18(12)27-15-9-16(26-10-13(15)20(22,23)24)28-17-8-11(6-7-31)29-30(17)2/h3-5,8-10,31H,6-7H2,1-2H3,(H,25,32)(H2,26,27,28). The van der Waals surface area contributed by atoms with Crippen LogP contribution < -0.4 is 16.0 Å². The van der Waals surface area contributed by atoms with E-state index in [9.17, 15) is 22.4 Å². The van der Waals surface area contributed by atoms with Crippen LogP contribution in [0.4, 0.5) is 40.6 Å². The zero-order chi connectivity index (χ0) is 23.5. The second kappa shape index (κ2) is 9.22. The fraction of sp³-hybridized carbons (Fsp3) is 0.250. The molecule has 2 heterocycles. The summed E-state index contributed by atoms with van der Waals surface area (Å²) in [5.74, 6) is -1.12. The van der Waals surface area contributed by atoms with Gasteiger partial charge in [-0.05, 0) is 12.1 Å². The van der Waals surface area contributed by atoms with Crippen LogP contribution in [0.3, 0.4) is 0 Å². The number of carbonyl (C=O) groups is 1. The van der Waals surface area contributed by atoms with Crippen molar-refractivity contribution in [3.8, 4) is 0 Å². The monoisotopic (exact) mass is 452 g/mol. The van der Waals surface area contributed by atoms with Crippen molar-refractivity contribution in [2.45, 2.75) is 12.6 Å². The van der Waals surface area contributed by atoms with Crippen LogP contribution in [0.5, 0.6) is 0 Å². The fourth-order valence-corrected chi connectivity index (χ4v) is 2.97. The van der Waals surface area contributed by atoms with Crippen LogP contribution in [-0.2, 0) is 19.6 Å². The van der Waals surface area contributed by atoms with Crippen molar-refractivity contribution in [3.63, 3.8) is 0 Å². The smallest absolute Gasteiger partial charge is 0.396 e. The molecule has 0 atom stereocenters. The van der Waals surface area contributed by atoms with Gasteiger partial charge in [0.2, 0.25) is 0 Å². The lowest BCUT2D eigenvalue weighted by Crippen LogP contribution is -2.20. The summed E-state index contributed by atoms with van der Waals surface area (Å²) in [6, 6.07) is 6.27. The zero-order valence-corrected chi connectivity index (χ0v) is 17.1. The lowest BCUT2D eigenvalue weighted by Gasteiger charge is -2.18. The number of carbonyl (C=O) groups excluding carboxylic acids is 1. The van der Waals surface area contributed by atoms with Crippen molar-refractivity contribution in [1.82, 2.24) is 20.1 Å². The van der Waals surface area contributed by atoms with Gasteiger partial charge in [-0.25, -0.2) is 9.37 Å². The Morgan fingerprint density at radius 1 is 1.22 bits per heavy atom. The molecule has 3 rings (SSSR count). The predicted octanol–water partition coefficient (Wildman–Crippen LogP) is 3.35. The van der Waals surface area contributed by atoms with Gasteiger partial charge in [-0.1, -0.05) is 6.07 Å². The molecule has 0 spiro atoms. The maximum Gasteiger partial charge on any atom is 0.419 e. The number of aryl methyl sites for hydroxylation is 1. The first-order chi connectivity index (χ1) is 15.1. The lowest BCUT2D eigenvalue weighted by molar-refractivity contribution is -0.137. The quantitative estimate of drug-likeness (QED) is 0.410. The van der Waals surface area contributed by atoms with Crippen molar-refractivity contribution in [3.05, 3.63) is 59.2 Å². The van der Waals surface area contributed by atoms with Gasteiger partial charge in [0.1, 0.15) is 17.5 Å². The molecule has 0 aliphatic rings. The van der Waals surface area contributed by atoms with E-state index in [0.717, 1.165) is 12.1 Å². The molecule has 1 aromatic carbocycles. The molecule has 0 bridgehead atoms. The van der Waals surface area contributed by atoms with Gasteiger partial charge >= 0.3 is 6.18 Å². The molecule has 0 unspecified atom stereocenters. The number of benzene rings is 1. The Kier molecular flexibility index (Phi) is 6.63. The van der Waals surface area contributed by atoms with E-state index in [-0.39, 0.29) is 18.0 Å². The molecular formula is C20H20F4N6O2. The van der Waals surface area contributed by atoms with Crippen molar-refractivity contribution >= 4 is 28.9 Å². The van der Waals surface area contributed by atoms with E-state index in [1.165, 1.54) is 23.9 Å². The average Bonchev–Trinajstić information content (AvgIpc) is 3.07. The molecule has 0 radical (unpaired) electrons. The number of halogens is 4. The Balaban J connectivity index is 2.03. The highest BCUT2D eigenvalue weighted by molar-refractivity contribution is 6.00. The molecule has 32 heavy (non-hydrogen) atoms. The molecule has 0 saturated heterocycles. The van der Waals surface area contributed by atoms with E-state index < -0.39 is 34.8 Å². The van der Waals surface area contributed by atoms with E-state index in [2.05, 4.69) is 26.0 Å². The minimum Gasteiger partial charge on any atom is -0.396 e. The molecule has 170 valence electrons. The van der Waals surface area contributed by atoms with E-state index in [1.54, 1.807) is 13.1 Å². The SMILES string of the molecule is CNC(=O)c1cccc(F)c1Nc1cc(Nc2cc(CCO)nn2C)ncc1C(F)(F)F. The molecule has 0 aliphatic carbocycles. The van der Waals surface area contributed by atoms with E-state index >= 15 is 0 Å². The van der Waals surface area contributed by atoms with E-state index in [1.807, 2.05) is 0 Å². The van der Waals surface area contributed by atoms with Crippen molar-refractivity contribution in [2.75, 3.05) is 24.3 Å². The summed E-state index contributed by atoms with van der Waals surface area (Å²) in [6.45, 7) is -0.112. The topological polar surface area (TPSA) is 104 Å². The number of aliphatic hydroxyl groups excluding tert-OH is 1. The Bertz CT molecular complexity index is 1130. The number of alkyl halides is 3. The maximum atomic E-state index is 14.4. The summed E-state index contributed by atoms with van der Waals surface area (Å²) in [4.78, 5) is 15.9. The third kappa shape index (κ3) is 4.97.